The van der Waals surface area contributed by atoms with Crippen LogP contribution in [-0.4, -0.2) is 11.9 Å². The maximum Gasteiger partial charge on any atom is 0.308 e. The van der Waals surface area contributed by atoms with E-state index >= 15 is 0 Å². The summed E-state index contributed by atoms with van der Waals surface area (Å²) in [5.74, 6) is 0.430. The second-order valence-electron chi connectivity index (χ2n) is 7.57. The molecule has 0 spiro atoms. The van der Waals surface area contributed by atoms with Crippen LogP contribution in [0.2, 0.25) is 0 Å². The van der Waals surface area contributed by atoms with Gasteiger partial charge in [-0.05, 0) is 63.6 Å². The fraction of sp³-hybridized carbons (Fsp3) is 0.520. The number of unbranched alkanes of at least 4 members (excludes halogenated alkanes) is 2. The van der Waals surface area contributed by atoms with Crippen LogP contribution in [0.4, 0.5) is 0 Å². The average molecular weight is 401 g/mol. The number of benzene rings is 1. The molecule has 1 aliphatic rings. The topological polar surface area (TPSA) is 52.6 Å². The first-order chi connectivity index (χ1) is 13.8. The third kappa shape index (κ3) is 8.68. The van der Waals surface area contributed by atoms with Crippen LogP contribution in [0, 0.1) is 0 Å². The first-order valence-electron chi connectivity index (χ1n) is 10.6. The van der Waals surface area contributed by atoms with Crippen molar-refractivity contribution in [3.8, 4) is 11.5 Å². The number of hydrogen-bond donors (Lipinski definition) is 0. The van der Waals surface area contributed by atoms with Crippen molar-refractivity contribution in [3.63, 3.8) is 0 Å². The monoisotopic (exact) mass is 400 g/mol. The third-order valence-corrected chi connectivity index (χ3v) is 4.68. The first kappa shape index (κ1) is 24.7. The molecule has 0 amide bonds. The molecular formula is C25H36O4. The van der Waals surface area contributed by atoms with E-state index in [2.05, 4.69) is 26.5 Å². The molecule has 4 nitrogen and oxygen atoms in total. The van der Waals surface area contributed by atoms with E-state index in [1.54, 1.807) is 6.08 Å². The molecule has 160 valence electrons. The number of ether oxygens (including phenoxy) is 2. The van der Waals surface area contributed by atoms with Gasteiger partial charge in [0.2, 0.25) is 0 Å². The van der Waals surface area contributed by atoms with Gasteiger partial charge >= 0.3 is 11.9 Å². The maximum atomic E-state index is 11.7. The normalized spacial score (nSPS) is 15.5. The number of aryl methyl sites for hydroxylation is 1. The lowest BCUT2D eigenvalue weighted by Crippen LogP contribution is -2.13. The zero-order valence-corrected chi connectivity index (χ0v) is 18.7. The van der Waals surface area contributed by atoms with Crippen molar-refractivity contribution < 1.29 is 19.1 Å². The molecule has 0 radical (unpaired) electrons. The molecule has 0 aromatic heterocycles. The molecule has 2 rings (SSSR count). The lowest BCUT2D eigenvalue weighted by Gasteiger charge is -2.24. The highest BCUT2D eigenvalue weighted by Gasteiger charge is 2.25. The first-order valence-corrected chi connectivity index (χ1v) is 10.6. The molecule has 0 bridgehead atoms. The van der Waals surface area contributed by atoms with E-state index in [9.17, 15) is 9.59 Å². The van der Waals surface area contributed by atoms with Gasteiger partial charge in [0, 0.05) is 25.3 Å². The molecule has 1 unspecified atom stereocenters. The molecule has 1 aromatic carbocycles. The molecule has 1 aliphatic carbocycles. The van der Waals surface area contributed by atoms with Crippen molar-refractivity contribution >= 4 is 11.9 Å². The Morgan fingerprint density at radius 1 is 1.14 bits per heavy atom. The molecule has 1 atom stereocenters. The summed E-state index contributed by atoms with van der Waals surface area (Å²) in [5.41, 5.74) is 3.16. The lowest BCUT2D eigenvalue weighted by atomic mass is 9.84. The van der Waals surface area contributed by atoms with Crippen LogP contribution >= 0.6 is 0 Å². The predicted molar refractivity (Wildman–Crippen MR) is 119 cm³/mol. The smallest absolute Gasteiger partial charge is 0.308 e. The summed E-state index contributed by atoms with van der Waals surface area (Å²) in [7, 11) is 0. The summed E-state index contributed by atoms with van der Waals surface area (Å²) >= 11 is 0. The number of carbonyl (C=O) groups is 2. The van der Waals surface area contributed by atoms with Crippen molar-refractivity contribution in [2.45, 2.75) is 85.5 Å². The van der Waals surface area contributed by atoms with Crippen LogP contribution in [0.25, 0.3) is 0 Å². The Morgan fingerprint density at radius 3 is 2.14 bits per heavy atom. The van der Waals surface area contributed by atoms with Crippen molar-refractivity contribution in [2.75, 3.05) is 0 Å². The van der Waals surface area contributed by atoms with Crippen molar-refractivity contribution in [2.24, 2.45) is 0 Å². The number of allylic oxidation sites excluding steroid dienone is 3. The van der Waals surface area contributed by atoms with Gasteiger partial charge in [-0.3, -0.25) is 9.59 Å². The summed E-state index contributed by atoms with van der Waals surface area (Å²) < 4.78 is 11.1. The average Bonchev–Trinajstić information content (AvgIpc) is 2.61. The molecule has 1 aromatic rings. The standard InChI is InChI=1S/C22H30O4.C3H6/c1-5-6-7-10-18-13-20(25-16(3)23)22(21(14-18)26-17(4)24)19-11-8-9-15(2)12-19;1-3-2/h12-14,19H,5-11H2,1-4H3;3H,1H2,2H3. The predicted octanol–water partition coefficient (Wildman–Crippen LogP) is 6.68. The third-order valence-electron chi connectivity index (χ3n) is 4.68. The van der Waals surface area contributed by atoms with Gasteiger partial charge in [-0.15, -0.1) is 6.58 Å². The highest BCUT2D eigenvalue weighted by atomic mass is 16.5. The van der Waals surface area contributed by atoms with Crippen molar-refractivity contribution in [1.82, 2.24) is 0 Å². The Balaban J connectivity index is 0.00000132. The van der Waals surface area contributed by atoms with E-state index in [0.29, 0.717) is 11.5 Å². The molecule has 29 heavy (non-hydrogen) atoms. The minimum Gasteiger partial charge on any atom is -0.426 e. The van der Waals surface area contributed by atoms with Gasteiger partial charge in [0.05, 0.1) is 0 Å². The fourth-order valence-corrected chi connectivity index (χ4v) is 3.56. The largest absolute Gasteiger partial charge is 0.426 e. The molecule has 0 N–H and O–H groups in total. The number of esters is 2. The van der Waals surface area contributed by atoms with E-state index in [4.69, 9.17) is 9.47 Å². The van der Waals surface area contributed by atoms with Crippen molar-refractivity contribution in [3.05, 3.63) is 47.6 Å². The summed E-state index contributed by atoms with van der Waals surface area (Å²) in [6, 6.07) is 3.88. The highest BCUT2D eigenvalue weighted by Crippen LogP contribution is 2.43. The zero-order valence-electron chi connectivity index (χ0n) is 18.7. The van der Waals surface area contributed by atoms with Crippen LogP contribution in [0.5, 0.6) is 11.5 Å². The van der Waals surface area contributed by atoms with Gasteiger partial charge in [-0.25, -0.2) is 0 Å². The molecule has 0 saturated carbocycles. The quantitative estimate of drug-likeness (QED) is 0.222. The highest BCUT2D eigenvalue weighted by molar-refractivity contribution is 5.73. The Bertz CT molecular complexity index is 693. The molecule has 4 heteroatoms. The van der Waals surface area contributed by atoms with Crippen LogP contribution < -0.4 is 9.47 Å². The Morgan fingerprint density at radius 2 is 1.69 bits per heavy atom. The van der Waals surface area contributed by atoms with Crippen LogP contribution in [0.1, 0.15) is 90.2 Å². The Kier molecular flexibility index (Phi) is 11.0. The fourth-order valence-electron chi connectivity index (χ4n) is 3.56. The molecule has 0 aliphatic heterocycles. The van der Waals surface area contributed by atoms with E-state index in [0.717, 1.165) is 56.1 Å². The Hall–Kier alpha value is -2.36. The minimum atomic E-state index is -0.359. The number of rotatable bonds is 7. The van der Waals surface area contributed by atoms with Gasteiger partial charge in [-0.1, -0.05) is 37.5 Å². The zero-order chi connectivity index (χ0) is 21.8. The van der Waals surface area contributed by atoms with Crippen LogP contribution in [-0.2, 0) is 16.0 Å². The SMILES string of the molecule is C=CC.CCCCCc1cc(OC(C)=O)c(C2C=C(C)CCC2)c(OC(C)=O)c1. The van der Waals surface area contributed by atoms with Crippen molar-refractivity contribution in [1.29, 1.82) is 0 Å². The molecule has 0 fully saturated rings. The van der Waals surface area contributed by atoms with Crippen LogP contribution in [0.3, 0.4) is 0 Å². The lowest BCUT2D eigenvalue weighted by molar-refractivity contribution is -0.132. The maximum absolute atomic E-state index is 11.7. The van der Waals surface area contributed by atoms with E-state index in [1.165, 1.54) is 19.4 Å². The molecular weight excluding hydrogens is 364 g/mol. The van der Waals surface area contributed by atoms with Gasteiger partial charge < -0.3 is 9.47 Å². The second kappa shape index (κ2) is 13.0. The van der Waals surface area contributed by atoms with Crippen LogP contribution in [0.15, 0.2) is 36.4 Å². The molecule has 0 heterocycles. The summed E-state index contributed by atoms with van der Waals surface area (Å²) in [5, 5.41) is 0. The van der Waals surface area contributed by atoms with Gasteiger partial charge in [0.15, 0.2) is 0 Å². The van der Waals surface area contributed by atoms with E-state index in [1.807, 2.05) is 19.1 Å². The summed E-state index contributed by atoms with van der Waals surface area (Å²) in [4.78, 5) is 23.3. The molecule has 0 saturated heterocycles. The van der Waals surface area contributed by atoms with E-state index < -0.39 is 0 Å². The van der Waals surface area contributed by atoms with Gasteiger partial charge in [0.1, 0.15) is 11.5 Å². The number of carbonyl (C=O) groups excluding carboxylic acids is 2. The second-order valence-corrected chi connectivity index (χ2v) is 7.57. The summed E-state index contributed by atoms with van der Waals surface area (Å²) in [6.07, 6.45) is 11.3. The van der Waals surface area contributed by atoms with Gasteiger partial charge in [-0.2, -0.15) is 0 Å². The van der Waals surface area contributed by atoms with E-state index in [-0.39, 0.29) is 17.9 Å². The summed E-state index contributed by atoms with van der Waals surface area (Å²) in [6.45, 7) is 12.3. The minimum absolute atomic E-state index is 0.0946. The number of hydrogen-bond acceptors (Lipinski definition) is 4. The van der Waals surface area contributed by atoms with Gasteiger partial charge in [0.25, 0.3) is 0 Å². The Labute approximate surface area is 176 Å².